The van der Waals surface area contributed by atoms with E-state index in [4.69, 9.17) is 5.11 Å². The molecular formula is C9H5BrF3N2O2+. The van der Waals surface area contributed by atoms with E-state index in [1.807, 2.05) is 0 Å². The quantitative estimate of drug-likeness (QED) is 0.749. The van der Waals surface area contributed by atoms with Crippen LogP contribution in [0.1, 0.15) is 0 Å². The number of rotatable bonds is 1. The minimum Gasteiger partial charge on any atom is -0.476 e. The molecule has 0 aliphatic carbocycles. The lowest BCUT2D eigenvalue weighted by molar-refractivity contribution is -0.484. The highest BCUT2D eigenvalue weighted by atomic mass is 79.9. The minimum absolute atomic E-state index is 0.208. The highest BCUT2D eigenvalue weighted by molar-refractivity contribution is 9.11. The Kier molecular flexibility index (Phi) is 2.69. The Balaban J connectivity index is 2.48. The fourth-order valence-electron chi connectivity index (χ4n) is 1.52. The van der Waals surface area contributed by atoms with Crippen LogP contribution in [0.25, 0.3) is 0 Å². The third-order valence-corrected chi connectivity index (χ3v) is 2.64. The minimum atomic E-state index is -4.55. The van der Waals surface area contributed by atoms with Crippen LogP contribution in [0.2, 0.25) is 0 Å². The Morgan fingerprint density at radius 3 is 2.71 bits per heavy atom. The van der Waals surface area contributed by atoms with Gasteiger partial charge in [0.1, 0.15) is 5.57 Å². The number of fused-ring (bicyclic) bond motifs is 1. The van der Waals surface area contributed by atoms with Gasteiger partial charge in [0, 0.05) is 0 Å². The molecule has 17 heavy (non-hydrogen) atoms. The second kappa shape index (κ2) is 3.80. The van der Waals surface area contributed by atoms with E-state index in [2.05, 4.69) is 20.9 Å². The van der Waals surface area contributed by atoms with E-state index in [1.165, 1.54) is 6.20 Å². The molecule has 2 aliphatic rings. The number of hydrogen-bond acceptors (Lipinski definition) is 2. The molecule has 0 fully saturated rings. The summed E-state index contributed by atoms with van der Waals surface area (Å²) in [6, 6.07) is 0. The van der Waals surface area contributed by atoms with E-state index in [-0.39, 0.29) is 4.48 Å². The average Bonchev–Trinajstić information content (AvgIpc) is 2.58. The van der Waals surface area contributed by atoms with Crippen molar-refractivity contribution in [3.63, 3.8) is 0 Å². The first-order valence-corrected chi connectivity index (χ1v) is 5.18. The molecule has 0 aromatic rings. The number of aliphatic carboxylic acids is 1. The molecule has 0 amide bonds. The van der Waals surface area contributed by atoms with E-state index in [9.17, 15) is 18.0 Å². The molecule has 2 aliphatic heterocycles. The maximum atomic E-state index is 12.7. The summed E-state index contributed by atoms with van der Waals surface area (Å²) < 4.78 is 39.4. The predicted molar refractivity (Wildman–Crippen MR) is 56.3 cm³/mol. The van der Waals surface area contributed by atoms with Gasteiger partial charge >= 0.3 is 12.1 Å². The van der Waals surface area contributed by atoms with E-state index in [1.54, 1.807) is 0 Å². The Labute approximate surface area is 102 Å². The fourth-order valence-corrected chi connectivity index (χ4v) is 2.01. The van der Waals surface area contributed by atoms with Crippen LogP contribution in [0.4, 0.5) is 13.2 Å². The van der Waals surface area contributed by atoms with Gasteiger partial charge in [0.25, 0.3) is 6.17 Å². The average molecular weight is 310 g/mol. The summed E-state index contributed by atoms with van der Waals surface area (Å²) in [6.45, 7) is 0. The zero-order valence-corrected chi connectivity index (χ0v) is 9.66. The molecule has 0 radical (unpaired) electrons. The van der Waals surface area contributed by atoms with Crippen LogP contribution in [0.3, 0.4) is 0 Å². The lowest BCUT2D eigenvalue weighted by Gasteiger charge is -2.16. The first-order valence-electron chi connectivity index (χ1n) is 4.38. The van der Waals surface area contributed by atoms with Crippen LogP contribution in [0, 0.1) is 0 Å². The number of nitrogens with zero attached hydrogens (tertiary/aromatic N) is 2. The molecule has 1 N–H and O–H groups in total. The van der Waals surface area contributed by atoms with Crippen molar-refractivity contribution in [1.29, 1.82) is 0 Å². The Morgan fingerprint density at radius 2 is 2.18 bits per heavy atom. The van der Waals surface area contributed by atoms with Crippen molar-refractivity contribution < 1.29 is 27.6 Å². The highest BCUT2D eigenvalue weighted by Crippen LogP contribution is 2.35. The van der Waals surface area contributed by atoms with Gasteiger partial charge < -0.3 is 5.11 Å². The van der Waals surface area contributed by atoms with Gasteiger partial charge in [-0.1, -0.05) is 0 Å². The van der Waals surface area contributed by atoms with Gasteiger partial charge in [0.15, 0.2) is 6.20 Å². The zero-order valence-electron chi connectivity index (χ0n) is 8.07. The summed E-state index contributed by atoms with van der Waals surface area (Å²) in [4.78, 5) is 14.2. The number of halogens is 4. The fraction of sp³-hybridized carbons (Fsp3) is 0.222. The molecule has 2 rings (SSSR count). The van der Waals surface area contributed by atoms with E-state index in [0.29, 0.717) is 0 Å². The van der Waals surface area contributed by atoms with Crippen molar-refractivity contribution in [2.45, 2.75) is 12.3 Å². The molecule has 2 heterocycles. The normalized spacial score (nSPS) is 23.4. The van der Waals surface area contributed by atoms with Crippen LogP contribution in [-0.2, 0) is 4.79 Å². The van der Waals surface area contributed by atoms with Crippen LogP contribution in [-0.4, -0.2) is 39.9 Å². The second-order valence-electron chi connectivity index (χ2n) is 3.38. The first kappa shape index (κ1) is 12.0. The third-order valence-electron chi connectivity index (χ3n) is 2.21. The molecule has 0 aromatic carbocycles. The number of alkyl halides is 3. The van der Waals surface area contributed by atoms with Crippen LogP contribution in [0.15, 0.2) is 27.3 Å². The number of allylic oxidation sites excluding steroid dienone is 2. The van der Waals surface area contributed by atoms with Gasteiger partial charge in [-0.3, -0.25) is 0 Å². The standard InChI is InChI=1S/C9H4BrF3N2O2/c10-4-1-5(9(11,12)13)7-14-6(8(16)17)3-15(7)2-4/h1-3,7H/p+1. The Bertz CT molecular complexity index is 517. The van der Waals surface area contributed by atoms with Gasteiger partial charge in [-0.25, -0.2) is 4.79 Å². The lowest BCUT2D eigenvalue weighted by Crippen LogP contribution is -2.30. The largest absolute Gasteiger partial charge is 0.476 e. The van der Waals surface area contributed by atoms with E-state index >= 15 is 0 Å². The summed E-state index contributed by atoms with van der Waals surface area (Å²) in [7, 11) is 0. The second-order valence-corrected chi connectivity index (χ2v) is 4.30. The number of carboxylic acids is 1. The smallest absolute Gasteiger partial charge is 0.421 e. The first-order chi connectivity index (χ1) is 7.79. The molecule has 0 bridgehead atoms. The Morgan fingerprint density at radius 1 is 1.53 bits per heavy atom. The van der Waals surface area contributed by atoms with Crippen molar-refractivity contribution in [2.24, 2.45) is 4.99 Å². The van der Waals surface area contributed by atoms with Crippen molar-refractivity contribution >= 4 is 33.8 Å². The molecule has 90 valence electrons. The molecule has 1 unspecified atom stereocenters. The number of carbonyl (C=O) groups is 1. The number of carboxylic acid groups (broad SMARTS) is 1. The van der Waals surface area contributed by atoms with Crippen molar-refractivity contribution in [3.05, 3.63) is 22.3 Å². The van der Waals surface area contributed by atoms with Gasteiger partial charge in [-0.2, -0.15) is 22.7 Å². The van der Waals surface area contributed by atoms with Crippen LogP contribution < -0.4 is 0 Å². The number of aliphatic imine (C=N–C) groups is 1. The van der Waals surface area contributed by atoms with E-state index in [0.717, 1.165) is 16.9 Å². The predicted octanol–water partition coefficient (Wildman–Crippen LogP) is 1.67. The van der Waals surface area contributed by atoms with Gasteiger partial charge in [-0.15, -0.1) is 0 Å². The topological polar surface area (TPSA) is 52.7 Å². The third kappa shape index (κ3) is 2.17. The van der Waals surface area contributed by atoms with Crippen LogP contribution >= 0.6 is 15.9 Å². The maximum Gasteiger partial charge on any atom is 0.421 e. The molecular weight excluding hydrogens is 305 g/mol. The molecule has 0 spiro atoms. The molecule has 8 heteroatoms. The summed E-state index contributed by atoms with van der Waals surface area (Å²) >= 11 is 2.94. The molecule has 0 saturated carbocycles. The van der Waals surface area contributed by atoms with Crippen LogP contribution in [0.5, 0.6) is 0 Å². The van der Waals surface area contributed by atoms with Crippen molar-refractivity contribution in [2.75, 3.05) is 0 Å². The van der Waals surface area contributed by atoms with Gasteiger partial charge in [-0.05, 0) is 22.0 Å². The lowest BCUT2D eigenvalue weighted by atomic mass is 10.1. The summed E-state index contributed by atoms with van der Waals surface area (Å²) in [5, 5.41) is 8.69. The summed E-state index contributed by atoms with van der Waals surface area (Å²) in [5.41, 5.74) is -1.30. The molecule has 0 aromatic heterocycles. The summed E-state index contributed by atoms with van der Waals surface area (Å²) in [5.74, 6) is -1.36. The van der Waals surface area contributed by atoms with Crippen molar-refractivity contribution in [3.8, 4) is 0 Å². The van der Waals surface area contributed by atoms with E-state index < -0.39 is 29.6 Å². The van der Waals surface area contributed by atoms with Crippen molar-refractivity contribution in [1.82, 2.24) is 0 Å². The van der Waals surface area contributed by atoms with Gasteiger partial charge in [0.05, 0.1) is 4.48 Å². The maximum absolute atomic E-state index is 12.7. The monoisotopic (exact) mass is 309 g/mol. The number of hydrogen-bond donors (Lipinski definition) is 1. The summed E-state index contributed by atoms with van der Waals surface area (Å²) in [6.07, 6.45) is -2.60. The Hall–Kier alpha value is -1.44. The molecule has 0 saturated heterocycles. The molecule has 1 atom stereocenters. The zero-order chi connectivity index (χ0) is 12.8. The SMILES string of the molecule is O=C(O)C1=NC2C(C(F)(F)F)=CC(Br)=C[N+]2=C1. The van der Waals surface area contributed by atoms with Gasteiger partial charge in [0.2, 0.25) is 11.9 Å². The molecule has 4 nitrogen and oxygen atoms in total. The highest BCUT2D eigenvalue weighted by Gasteiger charge is 2.48.